The van der Waals surface area contributed by atoms with Gasteiger partial charge in [-0.1, -0.05) is 5.57 Å². The monoisotopic (exact) mass is 120 g/mol. The molecule has 0 spiro atoms. The van der Waals surface area contributed by atoms with Crippen molar-refractivity contribution in [2.75, 3.05) is 6.54 Å². The highest BCUT2D eigenvalue weighted by atomic mass is 14.8. The first kappa shape index (κ1) is 5.90. The number of hydrogen-bond acceptors (Lipinski definition) is 2. The lowest BCUT2D eigenvalue weighted by Gasteiger charge is -2.06. The fourth-order valence-electron chi connectivity index (χ4n) is 0.745. The Kier molecular flexibility index (Phi) is 1.55. The minimum absolute atomic E-state index is 0.707. The maximum absolute atomic E-state index is 8.41. The molecule has 46 valence electrons. The summed E-state index contributed by atoms with van der Waals surface area (Å²) in [5.41, 5.74) is 1.91. The van der Waals surface area contributed by atoms with Crippen LogP contribution in [0.25, 0.3) is 0 Å². The zero-order valence-corrected chi connectivity index (χ0v) is 5.31. The number of allylic oxidation sites excluding steroid dienone is 2. The largest absolute Gasteiger partial charge is 0.386 e. The van der Waals surface area contributed by atoms with Crippen molar-refractivity contribution in [1.29, 1.82) is 5.26 Å². The Morgan fingerprint density at radius 1 is 1.78 bits per heavy atom. The number of dihydropyridines is 1. The van der Waals surface area contributed by atoms with Gasteiger partial charge in [0, 0.05) is 12.7 Å². The van der Waals surface area contributed by atoms with Gasteiger partial charge in [-0.2, -0.15) is 5.26 Å². The molecule has 0 bridgehead atoms. The van der Waals surface area contributed by atoms with Crippen LogP contribution in [0.5, 0.6) is 0 Å². The van der Waals surface area contributed by atoms with Crippen LogP contribution in [-0.4, -0.2) is 6.54 Å². The van der Waals surface area contributed by atoms with Crippen molar-refractivity contribution >= 4 is 0 Å². The molecule has 1 aliphatic heterocycles. The van der Waals surface area contributed by atoms with Crippen LogP contribution in [-0.2, 0) is 0 Å². The van der Waals surface area contributed by atoms with Gasteiger partial charge in [0.05, 0.1) is 5.57 Å². The summed E-state index contributed by atoms with van der Waals surface area (Å²) in [6.45, 7) is 2.86. The zero-order chi connectivity index (χ0) is 6.69. The summed E-state index contributed by atoms with van der Waals surface area (Å²) in [7, 11) is 0. The summed E-state index contributed by atoms with van der Waals surface area (Å²) in [4.78, 5) is 0. The molecule has 0 unspecified atom stereocenters. The quantitative estimate of drug-likeness (QED) is 0.516. The highest BCUT2D eigenvalue weighted by Crippen LogP contribution is 2.03. The molecule has 1 aliphatic rings. The van der Waals surface area contributed by atoms with Crippen LogP contribution in [0.2, 0.25) is 0 Å². The van der Waals surface area contributed by atoms with Crippen LogP contribution in [0.4, 0.5) is 0 Å². The molecule has 0 amide bonds. The van der Waals surface area contributed by atoms with Gasteiger partial charge < -0.3 is 5.32 Å². The molecule has 0 aromatic carbocycles. The van der Waals surface area contributed by atoms with Crippen molar-refractivity contribution in [2.24, 2.45) is 0 Å². The molecule has 0 aromatic rings. The molecular formula is C7H8N2. The van der Waals surface area contributed by atoms with E-state index in [2.05, 4.69) is 11.4 Å². The first-order valence-electron chi connectivity index (χ1n) is 2.84. The predicted octanol–water partition coefficient (Wildman–Crippen LogP) is 0.943. The molecule has 0 saturated heterocycles. The Hall–Kier alpha value is -1.23. The van der Waals surface area contributed by atoms with Crippen LogP contribution < -0.4 is 5.32 Å². The number of nitrogens with zero attached hydrogens (tertiary/aromatic N) is 1. The average Bonchev–Trinajstić information content (AvgIpc) is 1.88. The summed E-state index contributed by atoms with van der Waals surface area (Å²) in [6, 6.07) is 2.06. The Balaban J connectivity index is 2.78. The molecule has 0 fully saturated rings. The van der Waals surface area contributed by atoms with E-state index in [0.29, 0.717) is 5.57 Å². The molecule has 1 heterocycles. The highest BCUT2D eigenvalue weighted by molar-refractivity contribution is 5.37. The molecule has 1 N–H and O–H groups in total. The Morgan fingerprint density at radius 3 is 3.00 bits per heavy atom. The zero-order valence-electron chi connectivity index (χ0n) is 5.31. The van der Waals surface area contributed by atoms with Crippen LogP contribution >= 0.6 is 0 Å². The lowest BCUT2D eigenvalue weighted by molar-refractivity contribution is 0.912. The van der Waals surface area contributed by atoms with Crippen molar-refractivity contribution in [1.82, 2.24) is 5.32 Å². The lowest BCUT2D eigenvalue weighted by atomic mass is 10.1. The van der Waals surface area contributed by atoms with E-state index in [1.54, 1.807) is 6.20 Å². The molecule has 0 aliphatic carbocycles. The molecule has 2 nitrogen and oxygen atoms in total. The molecule has 9 heavy (non-hydrogen) atoms. The van der Waals surface area contributed by atoms with Gasteiger partial charge in [-0.25, -0.2) is 0 Å². The van der Waals surface area contributed by atoms with Crippen molar-refractivity contribution in [3.8, 4) is 6.07 Å². The second kappa shape index (κ2) is 2.36. The van der Waals surface area contributed by atoms with E-state index in [-0.39, 0.29) is 0 Å². The van der Waals surface area contributed by atoms with Gasteiger partial charge in [0.25, 0.3) is 0 Å². The maximum Gasteiger partial charge on any atom is 0.101 e. The van der Waals surface area contributed by atoms with E-state index in [9.17, 15) is 0 Å². The summed E-state index contributed by atoms with van der Waals surface area (Å²) in [6.07, 6.45) is 3.61. The smallest absolute Gasteiger partial charge is 0.101 e. The standard InChI is InChI=1S/C7H8N2/c1-6-2-7(3-8)5-9-4-6/h2,5,9H,4H2,1H3. The van der Waals surface area contributed by atoms with Crippen molar-refractivity contribution < 1.29 is 0 Å². The third-order valence-corrected chi connectivity index (χ3v) is 1.17. The van der Waals surface area contributed by atoms with E-state index in [0.717, 1.165) is 6.54 Å². The number of rotatable bonds is 0. The lowest BCUT2D eigenvalue weighted by Crippen LogP contribution is -2.12. The van der Waals surface area contributed by atoms with E-state index in [1.165, 1.54) is 5.57 Å². The van der Waals surface area contributed by atoms with Crippen molar-refractivity contribution in [2.45, 2.75) is 6.92 Å². The molecule has 1 rings (SSSR count). The Bertz CT molecular complexity index is 205. The second-order valence-electron chi connectivity index (χ2n) is 2.08. The fraction of sp³-hybridized carbons (Fsp3) is 0.286. The summed E-state index contributed by atoms with van der Waals surface area (Å²) < 4.78 is 0. The van der Waals surface area contributed by atoms with Gasteiger partial charge in [-0.3, -0.25) is 0 Å². The van der Waals surface area contributed by atoms with Gasteiger partial charge in [0.15, 0.2) is 0 Å². The molecule has 0 atom stereocenters. The summed E-state index contributed by atoms with van der Waals surface area (Å²) in [5.74, 6) is 0. The normalized spacial score (nSPS) is 16.9. The molecule has 2 heteroatoms. The maximum atomic E-state index is 8.41. The Labute approximate surface area is 54.5 Å². The molecular weight excluding hydrogens is 112 g/mol. The number of nitriles is 1. The van der Waals surface area contributed by atoms with Gasteiger partial charge in [-0.15, -0.1) is 0 Å². The van der Waals surface area contributed by atoms with Crippen molar-refractivity contribution in [3.63, 3.8) is 0 Å². The minimum atomic E-state index is 0.707. The minimum Gasteiger partial charge on any atom is -0.386 e. The van der Waals surface area contributed by atoms with Crippen LogP contribution in [0.15, 0.2) is 23.4 Å². The number of nitrogens with one attached hydrogen (secondary N) is 1. The molecule has 0 aromatic heterocycles. The first-order valence-corrected chi connectivity index (χ1v) is 2.84. The van der Waals surface area contributed by atoms with Gasteiger partial charge >= 0.3 is 0 Å². The van der Waals surface area contributed by atoms with Crippen molar-refractivity contribution in [3.05, 3.63) is 23.4 Å². The first-order chi connectivity index (χ1) is 4.33. The molecule has 0 radical (unpaired) electrons. The van der Waals surface area contributed by atoms with E-state index >= 15 is 0 Å². The van der Waals surface area contributed by atoms with E-state index < -0.39 is 0 Å². The van der Waals surface area contributed by atoms with Gasteiger partial charge in [0.1, 0.15) is 6.07 Å². The predicted molar refractivity (Wildman–Crippen MR) is 35.5 cm³/mol. The SMILES string of the molecule is CC1=CC(C#N)=CNC1. The third-order valence-electron chi connectivity index (χ3n) is 1.17. The van der Waals surface area contributed by atoms with Gasteiger partial charge in [-0.05, 0) is 13.0 Å². The Morgan fingerprint density at radius 2 is 2.56 bits per heavy atom. The van der Waals surface area contributed by atoms with Gasteiger partial charge in [0.2, 0.25) is 0 Å². The fourth-order valence-corrected chi connectivity index (χ4v) is 0.745. The van der Waals surface area contributed by atoms with Crippen LogP contribution in [0.3, 0.4) is 0 Å². The van der Waals surface area contributed by atoms with Crippen LogP contribution in [0, 0.1) is 11.3 Å². The summed E-state index contributed by atoms with van der Waals surface area (Å²) in [5, 5.41) is 11.4. The molecule has 0 saturated carbocycles. The highest BCUT2D eigenvalue weighted by Gasteiger charge is 1.97. The third kappa shape index (κ3) is 1.33. The second-order valence-corrected chi connectivity index (χ2v) is 2.08. The summed E-state index contributed by atoms with van der Waals surface area (Å²) >= 11 is 0. The van der Waals surface area contributed by atoms with E-state index in [4.69, 9.17) is 5.26 Å². The number of hydrogen-bond donors (Lipinski definition) is 1. The average molecular weight is 120 g/mol. The van der Waals surface area contributed by atoms with Crippen LogP contribution in [0.1, 0.15) is 6.92 Å². The topological polar surface area (TPSA) is 35.8 Å². The van der Waals surface area contributed by atoms with E-state index in [1.807, 2.05) is 13.0 Å².